The Morgan fingerprint density at radius 1 is 0.958 bits per heavy atom. The number of fused-ring (bicyclic) bond motifs is 2. The van der Waals surface area contributed by atoms with Gasteiger partial charge in [-0.2, -0.15) is 0 Å². The van der Waals surface area contributed by atoms with Gasteiger partial charge in [-0.05, 0) is 31.2 Å². The van der Waals surface area contributed by atoms with Gasteiger partial charge in [-0.25, -0.2) is 4.98 Å². The van der Waals surface area contributed by atoms with Crippen LogP contribution in [-0.2, 0) is 6.54 Å². The predicted molar refractivity (Wildman–Crippen MR) is 95.2 cm³/mol. The van der Waals surface area contributed by atoms with E-state index in [4.69, 9.17) is 0 Å². The molecule has 0 saturated heterocycles. The highest BCUT2D eigenvalue weighted by Gasteiger charge is 2.15. The zero-order valence-corrected chi connectivity index (χ0v) is 13.2. The van der Waals surface area contributed by atoms with E-state index in [2.05, 4.69) is 15.2 Å². The van der Waals surface area contributed by atoms with E-state index < -0.39 is 0 Å². The second-order valence-corrected chi connectivity index (χ2v) is 5.50. The molecule has 0 aliphatic heterocycles. The molecule has 0 saturated carbocycles. The highest BCUT2D eigenvalue weighted by Crippen LogP contribution is 2.39. The molecule has 1 N–H and O–H groups in total. The third-order valence-corrected chi connectivity index (χ3v) is 4.07. The van der Waals surface area contributed by atoms with Crippen molar-refractivity contribution < 1.29 is 5.11 Å². The van der Waals surface area contributed by atoms with Crippen molar-refractivity contribution in [1.82, 2.24) is 9.55 Å². The van der Waals surface area contributed by atoms with Crippen LogP contribution in [0.15, 0.2) is 70.9 Å². The number of nitrogens with zero attached hydrogens (tertiary/aromatic N) is 4. The summed E-state index contributed by atoms with van der Waals surface area (Å²) in [6.07, 6.45) is 0. The lowest BCUT2D eigenvalue weighted by atomic mass is 10.2. The summed E-state index contributed by atoms with van der Waals surface area (Å²) in [6.45, 7) is 2.65. The number of aromatic hydroxyl groups is 1. The first-order valence-corrected chi connectivity index (χ1v) is 7.85. The molecule has 0 atom stereocenters. The Bertz CT molecular complexity index is 1070. The topological polar surface area (TPSA) is 62.8 Å². The van der Waals surface area contributed by atoms with Crippen LogP contribution in [0.1, 0.15) is 6.92 Å². The third-order valence-electron chi connectivity index (χ3n) is 4.07. The summed E-state index contributed by atoms with van der Waals surface area (Å²) in [5.74, 6) is 0.643. The molecule has 24 heavy (non-hydrogen) atoms. The van der Waals surface area contributed by atoms with Crippen LogP contribution in [0.2, 0.25) is 0 Å². The average Bonchev–Trinajstić information content (AvgIpc) is 2.90. The van der Waals surface area contributed by atoms with E-state index in [9.17, 15) is 5.11 Å². The number of aromatic nitrogens is 2. The highest BCUT2D eigenvalue weighted by atomic mass is 16.3. The molecule has 0 amide bonds. The molecule has 2 heterocycles. The number of azo groups is 1. The summed E-state index contributed by atoms with van der Waals surface area (Å²) in [7, 11) is 0. The molecular weight excluding hydrogens is 300 g/mol. The number of rotatable bonds is 3. The van der Waals surface area contributed by atoms with Crippen molar-refractivity contribution >= 4 is 33.3 Å². The van der Waals surface area contributed by atoms with Crippen LogP contribution in [-0.4, -0.2) is 14.7 Å². The third kappa shape index (κ3) is 2.31. The molecule has 0 aliphatic carbocycles. The Labute approximate surface area is 138 Å². The summed E-state index contributed by atoms with van der Waals surface area (Å²) in [5, 5.41) is 20.9. The molecule has 0 bridgehead atoms. The van der Waals surface area contributed by atoms with Gasteiger partial charge in [0.05, 0.1) is 11.0 Å². The monoisotopic (exact) mass is 316 g/mol. The molecule has 4 rings (SSSR count). The molecule has 2 aromatic heterocycles. The molecule has 2 aromatic carbocycles. The number of pyridine rings is 1. The van der Waals surface area contributed by atoms with E-state index in [1.807, 2.05) is 72.2 Å². The van der Waals surface area contributed by atoms with Gasteiger partial charge in [0.2, 0.25) is 5.88 Å². The lowest BCUT2D eigenvalue weighted by Gasteiger charge is -2.01. The van der Waals surface area contributed by atoms with Crippen LogP contribution in [0, 0.1) is 0 Å². The Balaban J connectivity index is 1.80. The van der Waals surface area contributed by atoms with Gasteiger partial charge in [-0.15, -0.1) is 10.2 Å². The van der Waals surface area contributed by atoms with Gasteiger partial charge in [-0.1, -0.05) is 36.4 Å². The fourth-order valence-electron chi connectivity index (χ4n) is 2.90. The van der Waals surface area contributed by atoms with Crippen LogP contribution >= 0.6 is 0 Å². The van der Waals surface area contributed by atoms with Gasteiger partial charge >= 0.3 is 0 Å². The molecule has 0 aliphatic rings. The van der Waals surface area contributed by atoms with Crippen LogP contribution in [0.25, 0.3) is 21.8 Å². The standard InChI is InChI=1S/C19H16N4O/c1-2-23-16-10-6-4-8-14(16)18(19(23)24)22-21-17-12-11-13-7-3-5-9-15(13)20-17/h3-12,24H,2H2,1H3. The molecule has 5 nitrogen and oxygen atoms in total. The van der Waals surface area contributed by atoms with Gasteiger partial charge in [0.1, 0.15) is 0 Å². The first-order chi connectivity index (χ1) is 11.8. The van der Waals surface area contributed by atoms with Gasteiger partial charge in [0, 0.05) is 17.3 Å². The summed E-state index contributed by atoms with van der Waals surface area (Å²) in [6, 6.07) is 19.4. The minimum absolute atomic E-state index is 0.128. The minimum Gasteiger partial charge on any atom is -0.493 e. The fraction of sp³-hybridized carbons (Fsp3) is 0.105. The second kappa shape index (κ2) is 5.77. The molecule has 0 unspecified atom stereocenters. The number of hydrogen-bond donors (Lipinski definition) is 1. The number of para-hydroxylation sites is 2. The summed E-state index contributed by atoms with van der Waals surface area (Å²) in [5.41, 5.74) is 2.29. The van der Waals surface area contributed by atoms with E-state index in [1.165, 1.54) is 0 Å². The van der Waals surface area contributed by atoms with Crippen molar-refractivity contribution in [2.75, 3.05) is 0 Å². The van der Waals surface area contributed by atoms with Crippen molar-refractivity contribution in [3.63, 3.8) is 0 Å². The number of benzene rings is 2. The quantitative estimate of drug-likeness (QED) is 0.519. The predicted octanol–water partition coefficient (Wildman–Crippen LogP) is 5.33. The van der Waals surface area contributed by atoms with Crippen molar-refractivity contribution in [3.8, 4) is 5.88 Å². The zero-order chi connectivity index (χ0) is 16.5. The zero-order valence-electron chi connectivity index (χ0n) is 13.2. The molecule has 118 valence electrons. The van der Waals surface area contributed by atoms with Gasteiger partial charge in [0.15, 0.2) is 11.5 Å². The second-order valence-electron chi connectivity index (χ2n) is 5.50. The lowest BCUT2D eigenvalue weighted by Crippen LogP contribution is -1.91. The van der Waals surface area contributed by atoms with Crippen molar-refractivity contribution in [2.24, 2.45) is 10.2 Å². The maximum Gasteiger partial charge on any atom is 0.220 e. The molecule has 0 fully saturated rings. The Hall–Kier alpha value is -3.21. The number of aryl methyl sites for hydroxylation is 1. The molecule has 0 radical (unpaired) electrons. The van der Waals surface area contributed by atoms with Crippen molar-refractivity contribution in [3.05, 3.63) is 60.7 Å². The SMILES string of the molecule is CCn1c(O)c(N=Nc2ccc3ccccc3n2)c2ccccc21. The van der Waals surface area contributed by atoms with Crippen LogP contribution in [0.5, 0.6) is 5.88 Å². The highest BCUT2D eigenvalue weighted by molar-refractivity contribution is 5.95. The first-order valence-electron chi connectivity index (χ1n) is 7.85. The van der Waals surface area contributed by atoms with E-state index >= 15 is 0 Å². The average molecular weight is 316 g/mol. The van der Waals surface area contributed by atoms with Gasteiger partial charge < -0.3 is 9.67 Å². The van der Waals surface area contributed by atoms with Crippen molar-refractivity contribution in [1.29, 1.82) is 0 Å². The van der Waals surface area contributed by atoms with E-state index in [0.29, 0.717) is 18.1 Å². The molecular formula is C19H16N4O. The van der Waals surface area contributed by atoms with Gasteiger partial charge in [-0.3, -0.25) is 0 Å². The van der Waals surface area contributed by atoms with E-state index in [-0.39, 0.29) is 5.88 Å². The minimum atomic E-state index is 0.128. The molecule has 0 spiro atoms. The maximum absolute atomic E-state index is 10.5. The van der Waals surface area contributed by atoms with E-state index in [1.54, 1.807) is 0 Å². The largest absolute Gasteiger partial charge is 0.493 e. The first kappa shape index (κ1) is 14.4. The summed E-state index contributed by atoms with van der Waals surface area (Å²) >= 11 is 0. The van der Waals surface area contributed by atoms with Crippen molar-refractivity contribution in [2.45, 2.75) is 13.5 Å². The molecule has 4 aromatic rings. The normalized spacial score (nSPS) is 11.7. The lowest BCUT2D eigenvalue weighted by molar-refractivity contribution is 0.427. The van der Waals surface area contributed by atoms with Crippen LogP contribution in [0.4, 0.5) is 11.5 Å². The molecule has 5 heteroatoms. The van der Waals surface area contributed by atoms with Crippen LogP contribution in [0.3, 0.4) is 0 Å². The maximum atomic E-state index is 10.5. The van der Waals surface area contributed by atoms with Crippen LogP contribution < -0.4 is 0 Å². The smallest absolute Gasteiger partial charge is 0.220 e. The Morgan fingerprint density at radius 3 is 2.62 bits per heavy atom. The van der Waals surface area contributed by atoms with E-state index in [0.717, 1.165) is 21.8 Å². The summed E-state index contributed by atoms with van der Waals surface area (Å²) in [4.78, 5) is 4.48. The number of hydrogen-bond acceptors (Lipinski definition) is 4. The Morgan fingerprint density at radius 2 is 1.75 bits per heavy atom. The van der Waals surface area contributed by atoms with Gasteiger partial charge in [0.25, 0.3) is 0 Å². The Kier molecular flexibility index (Phi) is 3.46. The summed E-state index contributed by atoms with van der Waals surface area (Å²) < 4.78 is 1.82. The fourth-order valence-corrected chi connectivity index (χ4v) is 2.90.